The topological polar surface area (TPSA) is 52.6 Å². The van der Waals surface area contributed by atoms with Crippen LogP contribution in [0.15, 0.2) is 30.3 Å². The van der Waals surface area contributed by atoms with Crippen molar-refractivity contribution in [1.29, 1.82) is 0 Å². The van der Waals surface area contributed by atoms with Gasteiger partial charge in [-0.1, -0.05) is 30.3 Å². The number of piperazine rings is 1. The van der Waals surface area contributed by atoms with Gasteiger partial charge in [-0.2, -0.15) is 0 Å². The van der Waals surface area contributed by atoms with Gasteiger partial charge in [0.1, 0.15) is 0 Å². The number of rotatable bonds is 5. The molecule has 4 nitrogen and oxygen atoms in total. The number of fused-ring (bicyclic) bond motifs is 2. The summed E-state index contributed by atoms with van der Waals surface area (Å²) in [4.78, 5) is 13.3. The first-order chi connectivity index (χ1) is 9.18. The molecule has 4 heteroatoms. The van der Waals surface area contributed by atoms with E-state index < -0.39 is 5.97 Å². The van der Waals surface area contributed by atoms with Gasteiger partial charge in [-0.05, 0) is 18.4 Å². The molecule has 0 unspecified atom stereocenters. The van der Waals surface area contributed by atoms with E-state index >= 15 is 0 Å². The fraction of sp³-hybridized carbons (Fsp3) is 0.533. The summed E-state index contributed by atoms with van der Waals surface area (Å²) >= 11 is 0. The molecule has 0 saturated carbocycles. The minimum Gasteiger partial charge on any atom is -0.481 e. The van der Waals surface area contributed by atoms with Gasteiger partial charge in [-0.25, -0.2) is 0 Å². The molecule has 2 atom stereocenters. The van der Waals surface area contributed by atoms with E-state index in [9.17, 15) is 4.79 Å². The summed E-state index contributed by atoms with van der Waals surface area (Å²) in [7, 11) is 0. The molecule has 2 aliphatic rings. The highest BCUT2D eigenvalue weighted by molar-refractivity contribution is 5.66. The van der Waals surface area contributed by atoms with Crippen LogP contribution in [0.25, 0.3) is 0 Å². The van der Waals surface area contributed by atoms with Gasteiger partial charge in [0.15, 0.2) is 0 Å². The van der Waals surface area contributed by atoms with E-state index in [1.165, 1.54) is 5.56 Å². The van der Waals surface area contributed by atoms with Crippen LogP contribution in [0.2, 0.25) is 0 Å². The van der Waals surface area contributed by atoms with Crippen LogP contribution >= 0.6 is 0 Å². The summed E-state index contributed by atoms with van der Waals surface area (Å²) in [6.45, 7) is 2.89. The Kier molecular flexibility index (Phi) is 3.29. The first-order valence-electron chi connectivity index (χ1n) is 6.92. The Hall–Kier alpha value is -1.39. The minimum absolute atomic E-state index is 0.0545. The largest absolute Gasteiger partial charge is 0.481 e. The number of carboxylic acid groups (broad SMARTS) is 1. The Bertz CT molecular complexity index is 462. The number of hydrogen-bond acceptors (Lipinski definition) is 3. The van der Waals surface area contributed by atoms with E-state index in [1.807, 2.05) is 6.07 Å². The zero-order valence-electron chi connectivity index (χ0n) is 11.0. The average Bonchev–Trinajstić information content (AvgIpc) is 2.96. The van der Waals surface area contributed by atoms with E-state index in [1.54, 1.807) is 0 Å². The van der Waals surface area contributed by atoms with Gasteiger partial charge >= 0.3 is 5.97 Å². The molecule has 0 spiro atoms. The van der Waals surface area contributed by atoms with Gasteiger partial charge in [0.05, 0.1) is 0 Å². The molecule has 0 aromatic heterocycles. The molecule has 0 aliphatic carbocycles. The fourth-order valence-electron chi connectivity index (χ4n) is 3.49. The zero-order valence-corrected chi connectivity index (χ0v) is 11.0. The standard InChI is InChI=1S/C15H20N2O2/c18-14(19)6-7-15-8-13(16-11-15)10-17(15)9-12-4-2-1-3-5-12/h1-5,13,16H,6-11H2,(H,18,19)/t13-,15-/m0/s1. The Morgan fingerprint density at radius 2 is 2.21 bits per heavy atom. The highest BCUT2D eigenvalue weighted by Gasteiger charge is 2.50. The number of nitrogens with zero attached hydrogens (tertiary/aromatic N) is 1. The Balaban J connectivity index is 1.72. The molecule has 2 saturated heterocycles. The fourth-order valence-corrected chi connectivity index (χ4v) is 3.49. The molecular formula is C15H20N2O2. The molecule has 3 rings (SSSR count). The third-order valence-corrected chi connectivity index (χ3v) is 4.48. The van der Waals surface area contributed by atoms with E-state index in [0.717, 1.165) is 32.5 Å². The molecule has 0 radical (unpaired) electrons. The van der Waals surface area contributed by atoms with Crippen molar-refractivity contribution >= 4 is 5.97 Å². The van der Waals surface area contributed by atoms with E-state index in [0.29, 0.717) is 6.04 Å². The third-order valence-electron chi connectivity index (χ3n) is 4.48. The lowest BCUT2D eigenvalue weighted by Gasteiger charge is -2.38. The Labute approximate surface area is 113 Å². The van der Waals surface area contributed by atoms with Gasteiger partial charge in [-0.3, -0.25) is 9.69 Å². The normalized spacial score (nSPS) is 29.8. The van der Waals surface area contributed by atoms with Crippen LogP contribution in [0.4, 0.5) is 0 Å². The van der Waals surface area contributed by atoms with Crippen molar-refractivity contribution < 1.29 is 9.90 Å². The Morgan fingerprint density at radius 3 is 2.89 bits per heavy atom. The van der Waals surface area contributed by atoms with Crippen molar-refractivity contribution in [3.63, 3.8) is 0 Å². The molecule has 102 valence electrons. The van der Waals surface area contributed by atoms with E-state index in [4.69, 9.17) is 5.11 Å². The third kappa shape index (κ3) is 2.51. The number of hydrogen-bond donors (Lipinski definition) is 2. The molecule has 2 aliphatic heterocycles. The zero-order chi connectivity index (χ0) is 13.3. The maximum atomic E-state index is 10.9. The lowest BCUT2D eigenvalue weighted by Crippen LogP contribution is -2.52. The van der Waals surface area contributed by atoms with Crippen LogP contribution in [0.1, 0.15) is 24.8 Å². The monoisotopic (exact) mass is 260 g/mol. The van der Waals surface area contributed by atoms with Crippen LogP contribution in [0, 0.1) is 0 Å². The molecule has 2 bridgehead atoms. The number of aliphatic carboxylic acids is 1. The van der Waals surface area contributed by atoms with Crippen molar-refractivity contribution in [3.8, 4) is 0 Å². The van der Waals surface area contributed by atoms with Crippen molar-refractivity contribution in [2.24, 2.45) is 0 Å². The molecule has 2 heterocycles. The van der Waals surface area contributed by atoms with Crippen LogP contribution < -0.4 is 5.32 Å². The van der Waals surface area contributed by atoms with Gasteiger partial charge in [0.25, 0.3) is 0 Å². The van der Waals surface area contributed by atoms with Crippen molar-refractivity contribution in [2.75, 3.05) is 13.1 Å². The van der Waals surface area contributed by atoms with E-state index in [2.05, 4.69) is 34.5 Å². The molecule has 2 fully saturated rings. The predicted octanol–water partition coefficient (Wildman–Crippen LogP) is 1.47. The second kappa shape index (κ2) is 4.94. The molecule has 1 aromatic carbocycles. The second-order valence-corrected chi connectivity index (χ2v) is 5.77. The van der Waals surface area contributed by atoms with Gasteiger partial charge in [0, 0.05) is 37.6 Å². The Morgan fingerprint density at radius 1 is 1.42 bits per heavy atom. The maximum Gasteiger partial charge on any atom is 0.303 e. The van der Waals surface area contributed by atoms with Gasteiger partial charge < -0.3 is 10.4 Å². The first-order valence-corrected chi connectivity index (χ1v) is 6.92. The summed E-state index contributed by atoms with van der Waals surface area (Å²) in [6, 6.07) is 11.0. The number of benzene rings is 1. The number of nitrogens with one attached hydrogen (secondary N) is 1. The molecule has 0 amide bonds. The quantitative estimate of drug-likeness (QED) is 0.842. The van der Waals surface area contributed by atoms with E-state index in [-0.39, 0.29) is 12.0 Å². The van der Waals surface area contributed by atoms with Crippen molar-refractivity contribution in [2.45, 2.75) is 37.4 Å². The summed E-state index contributed by atoms with van der Waals surface area (Å²) in [5, 5.41) is 12.4. The molecule has 2 N–H and O–H groups in total. The van der Waals surface area contributed by atoms with Crippen molar-refractivity contribution in [3.05, 3.63) is 35.9 Å². The van der Waals surface area contributed by atoms with Crippen LogP contribution in [0.5, 0.6) is 0 Å². The lowest BCUT2D eigenvalue weighted by molar-refractivity contribution is -0.137. The van der Waals surface area contributed by atoms with Gasteiger partial charge in [-0.15, -0.1) is 0 Å². The summed E-state index contributed by atoms with van der Waals surface area (Å²) in [5.41, 5.74) is 1.36. The second-order valence-electron chi connectivity index (χ2n) is 5.77. The van der Waals surface area contributed by atoms with Crippen LogP contribution in [0.3, 0.4) is 0 Å². The predicted molar refractivity (Wildman–Crippen MR) is 72.9 cm³/mol. The van der Waals surface area contributed by atoms with Crippen LogP contribution in [-0.4, -0.2) is 40.6 Å². The SMILES string of the molecule is O=C(O)CC[C@]12CN[C@H](CN1Cc1ccccc1)C2. The average molecular weight is 260 g/mol. The minimum atomic E-state index is -0.690. The van der Waals surface area contributed by atoms with Crippen LogP contribution in [-0.2, 0) is 11.3 Å². The highest BCUT2D eigenvalue weighted by atomic mass is 16.4. The summed E-state index contributed by atoms with van der Waals surface area (Å²) < 4.78 is 0. The number of carboxylic acids is 1. The smallest absolute Gasteiger partial charge is 0.303 e. The molecule has 19 heavy (non-hydrogen) atoms. The van der Waals surface area contributed by atoms with Gasteiger partial charge in [0.2, 0.25) is 0 Å². The lowest BCUT2D eigenvalue weighted by atomic mass is 9.92. The first kappa shape index (κ1) is 12.6. The number of likely N-dealkylation sites (tertiary alicyclic amines) is 1. The highest BCUT2D eigenvalue weighted by Crippen LogP contribution is 2.39. The molecular weight excluding hydrogens is 240 g/mol. The summed E-state index contributed by atoms with van der Waals surface area (Å²) in [6.07, 6.45) is 2.10. The number of carbonyl (C=O) groups is 1. The molecule has 1 aromatic rings. The maximum absolute atomic E-state index is 10.9. The summed E-state index contributed by atoms with van der Waals surface area (Å²) in [5.74, 6) is -0.690. The van der Waals surface area contributed by atoms with Crippen molar-refractivity contribution in [1.82, 2.24) is 10.2 Å².